The van der Waals surface area contributed by atoms with Crippen LogP contribution in [0.2, 0.25) is 0 Å². The fourth-order valence-electron chi connectivity index (χ4n) is 2.80. The van der Waals surface area contributed by atoms with E-state index in [1.807, 2.05) is 13.8 Å². The Balaban J connectivity index is 1.91. The number of carbonyl (C=O) groups is 2. The van der Waals surface area contributed by atoms with Gasteiger partial charge >= 0.3 is 12.0 Å². The fourth-order valence-corrected chi connectivity index (χ4v) is 2.80. The Labute approximate surface area is 152 Å². The smallest absolute Gasteiger partial charge is 0.328 e. The number of nitrogens with one attached hydrogen (secondary N) is 1. The average Bonchev–Trinajstić information content (AvgIpc) is 2.65. The highest BCUT2D eigenvalue weighted by atomic mass is 16.6. The zero-order valence-corrected chi connectivity index (χ0v) is 15.2. The standard InChI is InChI=1S/C17H24N4O5/c1-12(2)15(16(22)26-3)18-17(23)20-10-8-19(9-11-20)13-4-6-14(7-5-13)21(24)25/h4-7,12,15H,8-11H2,1-3H3,(H,18,23). The van der Waals surface area contributed by atoms with Crippen LogP contribution in [0.25, 0.3) is 0 Å². The van der Waals surface area contributed by atoms with Crippen LogP contribution < -0.4 is 10.2 Å². The fraction of sp³-hybridized carbons (Fsp3) is 0.529. The first-order chi connectivity index (χ1) is 12.3. The number of piperazine rings is 1. The molecule has 1 aliphatic heterocycles. The van der Waals surface area contributed by atoms with E-state index >= 15 is 0 Å². The summed E-state index contributed by atoms with van der Waals surface area (Å²) < 4.78 is 4.73. The molecule has 2 amide bonds. The molecule has 1 aliphatic rings. The van der Waals surface area contributed by atoms with Crippen LogP contribution in [0.5, 0.6) is 0 Å². The van der Waals surface area contributed by atoms with Crippen molar-refractivity contribution in [2.24, 2.45) is 5.92 Å². The number of benzene rings is 1. The summed E-state index contributed by atoms with van der Waals surface area (Å²) in [7, 11) is 1.30. The van der Waals surface area contributed by atoms with Gasteiger partial charge in [0.05, 0.1) is 12.0 Å². The van der Waals surface area contributed by atoms with Gasteiger partial charge in [-0.1, -0.05) is 13.8 Å². The van der Waals surface area contributed by atoms with Crippen LogP contribution in [-0.2, 0) is 9.53 Å². The minimum absolute atomic E-state index is 0.0503. The van der Waals surface area contributed by atoms with Gasteiger partial charge in [-0.25, -0.2) is 9.59 Å². The van der Waals surface area contributed by atoms with Crippen LogP contribution in [-0.4, -0.2) is 61.2 Å². The summed E-state index contributed by atoms with van der Waals surface area (Å²) in [6.45, 7) is 5.89. The molecule has 0 saturated carbocycles. The number of hydrogen-bond donors (Lipinski definition) is 1. The molecule has 2 rings (SSSR count). The van der Waals surface area contributed by atoms with E-state index in [1.165, 1.54) is 19.2 Å². The summed E-state index contributed by atoms with van der Waals surface area (Å²) in [6.07, 6.45) is 0. The van der Waals surface area contributed by atoms with E-state index in [1.54, 1.807) is 17.0 Å². The van der Waals surface area contributed by atoms with Crippen LogP contribution in [0.4, 0.5) is 16.2 Å². The second kappa shape index (κ2) is 8.50. The molecule has 0 aliphatic carbocycles. The van der Waals surface area contributed by atoms with Gasteiger partial charge in [0.25, 0.3) is 5.69 Å². The minimum atomic E-state index is -0.680. The number of nitro groups is 1. The Morgan fingerprint density at radius 1 is 1.15 bits per heavy atom. The van der Waals surface area contributed by atoms with Crippen LogP contribution in [0.15, 0.2) is 24.3 Å². The topological polar surface area (TPSA) is 105 Å². The van der Waals surface area contributed by atoms with Gasteiger partial charge in [0.1, 0.15) is 6.04 Å². The number of nitrogens with zero attached hydrogens (tertiary/aromatic N) is 3. The third-order valence-corrected chi connectivity index (χ3v) is 4.39. The highest BCUT2D eigenvalue weighted by molar-refractivity contribution is 5.84. The van der Waals surface area contributed by atoms with Crippen molar-refractivity contribution in [3.63, 3.8) is 0 Å². The molecule has 26 heavy (non-hydrogen) atoms. The maximum Gasteiger partial charge on any atom is 0.328 e. The van der Waals surface area contributed by atoms with Crippen LogP contribution in [0.3, 0.4) is 0 Å². The molecule has 9 heteroatoms. The van der Waals surface area contributed by atoms with Crippen LogP contribution in [0.1, 0.15) is 13.8 Å². The van der Waals surface area contributed by atoms with Gasteiger partial charge in [0.2, 0.25) is 0 Å². The number of methoxy groups -OCH3 is 1. The second-order valence-corrected chi connectivity index (χ2v) is 6.44. The number of nitro benzene ring substituents is 1. The lowest BCUT2D eigenvalue weighted by atomic mass is 10.1. The number of amides is 2. The number of esters is 1. The van der Waals surface area contributed by atoms with Crippen molar-refractivity contribution >= 4 is 23.4 Å². The molecule has 0 spiro atoms. The molecule has 1 N–H and O–H groups in total. The molecule has 142 valence electrons. The molecule has 1 unspecified atom stereocenters. The molecule has 9 nitrogen and oxygen atoms in total. The number of non-ortho nitro benzene ring substituents is 1. The summed E-state index contributed by atoms with van der Waals surface area (Å²) in [5.41, 5.74) is 0.930. The number of rotatable bonds is 5. The number of anilines is 1. The molecule has 1 heterocycles. The summed E-state index contributed by atoms with van der Waals surface area (Å²) in [5, 5.41) is 13.5. The van der Waals surface area contributed by atoms with Crippen LogP contribution in [0, 0.1) is 16.0 Å². The Hall–Kier alpha value is -2.84. The third kappa shape index (κ3) is 4.62. The molecule has 0 aromatic heterocycles. The first-order valence-corrected chi connectivity index (χ1v) is 8.46. The van der Waals surface area contributed by atoms with Gasteiger partial charge in [-0.3, -0.25) is 10.1 Å². The minimum Gasteiger partial charge on any atom is -0.467 e. The SMILES string of the molecule is COC(=O)C(NC(=O)N1CCN(c2ccc([N+](=O)[O-])cc2)CC1)C(C)C. The summed E-state index contributed by atoms with van der Waals surface area (Å²) in [6, 6.07) is 5.38. The highest BCUT2D eigenvalue weighted by Gasteiger charge is 2.28. The normalized spacial score (nSPS) is 15.5. The molecular weight excluding hydrogens is 340 g/mol. The number of urea groups is 1. The van der Waals surface area contributed by atoms with Crippen molar-refractivity contribution in [1.29, 1.82) is 0 Å². The first kappa shape index (κ1) is 19.5. The van der Waals surface area contributed by atoms with E-state index < -0.39 is 16.9 Å². The average molecular weight is 364 g/mol. The lowest BCUT2D eigenvalue weighted by molar-refractivity contribution is -0.384. The Kier molecular flexibility index (Phi) is 6.37. The lowest BCUT2D eigenvalue weighted by Crippen LogP contribution is -2.55. The Morgan fingerprint density at radius 3 is 2.19 bits per heavy atom. The Bertz CT molecular complexity index is 654. The van der Waals surface area contributed by atoms with Crippen molar-refractivity contribution in [3.8, 4) is 0 Å². The third-order valence-electron chi connectivity index (χ3n) is 4.39. The van der Waals surface area contributed by atoms with Crippen LogP contribution >= 0.6 is 0 Å². The van der Waals surface area contributed by atoms with E-state index in [2.05, 4.69) is 10.2 Å². The quantitative estimate of drug-likeness (QED) is 0.484. The van der Waals surface area contributed by atoms with Gasteiger partial charge in [0.15, 0.2) is 0 Å². The highest BCUT2D eigenvalue weighted by Crippen LogP contribution is 2.20. The van der Waals surface area contributed by atoms with Gasteiger partial charge in [-0.15, -0.1) is 0 Å². The van der Waals surface area contributed by atoms with Crippen molar-refractivity contribution in [3.05, 3.63) is 34.4 Å². The van der Waals surface area contributed by atoms with Gasteiger partial charge in [-0.05, 0) is 18.1 Å². The molecule has 1 saturated heterocycles. The van der Waals surface area contributed by atoms with E-state index in [4.69, 9.17) is 4.74 Å². The predicted octanol–water partition coefficient (Wildman–Crippen LogP) is 1.62. The molecule has 1 atom stereocenters. The number of ether oxygens (including phenoxy) is 1. The lowest BCUT2D eigenvalue weighted by Gasteiger charge is -2.36. The molecule has 1 aromatic rings. The van der Waals surface area contributed by atoms with Gasteiger partial charge < -0.3 is 19.9 Å². The summed E-state index contributed by atoms with van der Waals surface area (Å²) in [5.74, 6) is -0.536. The van der Waals surface area contributed by atoms with Crippen molar-refractivity contribution in [2.75, 3.05) is 38.2 Å². The molecule has 1 fully saturated rings. The first-order valence-electron chi connectivity index (χ1n) is 8.46. The maximum absolute atomic E-state index is 12.4. The van der Waals surface area contributed by atoms with Gasteiger partial charge in [0, 0.05) is 44.0 Å². The number of carbonyl (C=O) groups excluding carboxylic acids is 2. The van der Waals surface area contributed by atoms with Gasteiger partial charge in [-0.2, -0.15) is 0 Å². The zero-order chi connectivity index (χ0) is 19.3. The second-order valence-electron chi connectivity index (χ2n) is 6.44. The Morgan fingerprint density at radius 2 is 1.73 bits per heavy atom. The van der Waals surface area contributed by atoms with E-state index in [-0.39, 0.29) is 17.6 Å². The monoisotopic (exact) mass is 364 g/mol. The zero-order valence-electron chi connectivity index (χ0n) is 15.2. The maximum atomic E-state index is 12.4. The molecule has 0 radical (unpaired) electrons. The largest absolute Gasteiger partial charge is 0.467 e. The van der Waals surface area contributed by atoms with E-state index in [0.29, 0.717) is 26.2 Å². The van der Waals surface area contributed by atoms with E-state index in [0.717, 1.165) is 5.69 Å². The summed E-state index contributed by atoms with van der Waals surface area (Å²) >= 11 is 0. The summed E-state index contributed by atoms with van der Waals surface area (Å²) in [4.78, 5) is 38.2. The van der Waals surface area contributed by atoms with Crippen molar-refractivity contribution in [1.82, 2.24) is 10.2 Å². The molecule has 0 bridgehead atoms. The number of hydrogen-bond acceptors (Lipinski definition) is 6. The predicted molar refractivity (Wildman–Crippen MR) is 96.1 cm³/mol. The van der Waals surface area contributed by atoms with E-state index in [9.17, 15) is 19.7 Å². The molecular formula is C17H24N4O5. The van der Waals surface area contributed by atoms with Crippen molar-refractivity contribution in [2.45, 2.75) is 19.9 Å². The molecule has 1 aromatic carbocycles. The van der Waals surface area contributed by atoms with Crippen molar-refractivity contribution < 1.29 is 19.2 Å².